The fraction of sp³-hybridized carbons (Fsp3) is 0.400. The molecule has 1 aromatic heterocycles. The third kappa shape index (κ3) is 3.13. The number of nitrogens with two attached hydrogens (primary N) is 1. The molecule has 0 saturated carbocycles. The molecule has 1 saturated heterocycles. The van der Waals surface area contributed by atoms with Crippen molar-refractivity contribution in [3.8, 4) is 0 Å². The van der Waals surface area contributed by atoms with E-state index in [1.165, 1.54) is 25.0 Å². The van der Waals surface area contributed by atoms with E-state index in [9.17, 15) is 0 Å². The number of pyridine rings is 1. The predicted octanol–water partition coefficient (Wildman–Crippen LogP) is 3.51. The summed E-state index contributed by atoms with van der Waals surface area (Å²) in [5.41, 5.74) is 7.55. The number of hydrogen-bond donors (Lipinski definition) is 2. The van der Waals surface area contributed by atoms with Gasteiger partial charge < -0.3 is 11.1 Å². The predicted molar refractivity (Wildman–Crippen MR) is 84.7 cm³/mol. The van der Waals surface area contributed by atoms with Crippen LogP contribution in [0.3, 0.4) is 0 Å². The minimum Gasteiger partial charge on any atom is -0.399 e. The van der Waals surface area contributed by atoms with Gasteiger partial charge in [-0.15, -0.1) is 0 Å². The van der Waals surface area contributed by atoms with Crippen molar-refractivity contribution in [2.24, 2.45) is 0 Å². The number of nitrogen functional groups attached to an aromatic ring is 1. The van der Waals surface area contributed by atoms with Crippen molar-refractivity contribution < 1.29 is 0 Å². The van der Waals surface area contributed by atoms with Crippen molar-refractivity contribution in [3.05, 3.63) is 30.3 Å². The van der Waals surface area contributed by atoms with Crippen LogP contribution < -0.4 is 11.1 Å². The number of thioether (sulfide) groups is 1. The summed E-state index contributed by atoms with van der Waals surface area (Å²) in [6.45, 7) is 1.01. The monoisotopic (exact) mass is 273 g/mol. The van der Waals surface area contributed by atoms with Gasteiger partial charge in [-0.25, -0.2) is 4.98 Å². The molecule has 0 bridgehead atoms. The van der Waals surface area contributed by atoms with E-state index in [1.54, 1.807) is 0 Å². The van der Waals surface area contributed by atoms with Gasteiger partial charge in [0.05, 0.1) is 5.52 Å². The quantitative estimate of drug-likeness (QED) is 0.840. The third-order valence-corrected chi connectivity index (χ3v) is 4.90. The summed E-state index contributed by atoms with van der Waals surface area (Å²) in [5, 5.41) is 5.29. The molecule has 0 aliphatic carbocycles. The Labute approximate surface area is 118 Å². The molecule has 2 aromatic rings. The van der Waals surface area contributed by atoms with Crippen molar-refractivity contribution in [2.45, 2.75) is 24.5 Å². The fourth-order valence-corrected chi connectivity index (χ4v) is 3.67. The Kier molecular flexibility index (Phi) is 3.78. The Morgan fingerprint density at radius 1 is 1.26 bits per heavy atom. The summed E-state index contributed by atoms with van der Waals surface area (Å²) in [6.07, 6.45) is 4.06. The van der Waals surface area contributed by atoms with Crippen LogP contribution in [0.25, 0.3) is 10.9 Å². The lowest BCUT2D eigenvalue weighted by molar-refractivity contribution is 0.677. The molecule has 4 heteroatoms. The van der Waals surface area contributed by atoms with Gasteiger partial charge >= 0.3 is 0 Å². The highest BCUT2D eigenvalue weighted by atomic mass is 32.2. The second kappa shape index (κ2) is 5.70. The van der Waals surface area contributed by atoms with E-state index in [0.717, 1.165) is 34.2 Å². The summed E-state index contributed by atoms with van der Waals surface area (Å²) < 4.78 is 0. The van der Waals surface area contributed by atoms with Gasteiger partial charge in [-0.3, -0.25) is 0 Å². The maximum absolute atomic E-state index is 5.77. The lowest BCUT2D eigenvalue weighted by Crippen LogP contribution is -2.20. The summed E-state index contributed by atoms with van der Waals surface area (Å²) >= 11 is 2.08. The zero-order chi connectivity index (χ0) is 13.1. The Morgan fingerprint density at radius 2 is 2.21 bits per heavy atom. The number of anilines is 2. The molecule has 3 N–H and O–H groups in total. The Balaban J connectivity index is 1.69. The Bertz CT molecular complexity index is 564. The Hall–Kier alpha value is -1.42. The molecule has 3 nitrogen and oxygen atoms in total. The van der Waals surface area contributed by atoms with Gasteiger partial charge in [0, 0.05) is 22.9 Å². The number of rotatable bonds is 3. The van der Waals surface area contributed by atoms with Gasteiger partial charge in [-0.05, 0) is 48.9 Å². The molecule has 0 spiro atoms. The number of benzene rings is 1. The molecule has 3 rings (SSSR count). The van der Waals surface area contributed by atoms with Gasteiger partial charge in [0.1, 0.15) is 5.82 Å². The molecular weight excluding hydrogens is 254 g/mol. The maximum atomic E-state index is 5.77. The average molecular weight is 273 g/mol. The normalized spacial score (nSPS) is 19.5. The summed E-state index contributed by atoms with van der Waals surface area (Å²) in [6, 6.07) is 9.95. The van der Waals surface area contributed by atoms with Crippen LogP contribution in [0, 0.1) is 0 Å². The highest BCUT2D eigenvalue weighted by Gasteiger charge is 2.13. The minimum atomic E-state index is 0.734. The van der Waals surface area contributed by atoms with Crippen LogP contribution in [-0.2, 0) is 0 Å². The van der Waals surface area contributed by atoms with Crippen molar-refractivity contribution >= 4 is 34.2 Å². The number of nitrogens with zero attached hydrogens (tertiary/aromatic N) is 1. The Morgan fingerprint density at radius 3 is 3.05 bits per heavy atom. The topological polar surface area (TPSA) is 50.9 Å². The van der Waals surface area contributed by atoms with Gasteiger partial charge in [0.15, 0.2) is 0 Å². The van der Waals surface area contributed by atoms with E-state index >= 15 is 0 Å². The first-order valence-corrected chi connectivity index (χ1v) is 7.88. The van der Waals surface area contributed by atoms with E-state index in [-0.39, 0.29) is 0 Å². The van der Waals surface area contributed by atoms with E-state index in [0.29, 0.717) is 0 Å². The van der Waals surface area contributed by atoms with Gasteiger partial charge in [0.25, 0.3) is 0 Å². The summed E-state index contributed by atoms with van der Waals surface area (Å²) in [7, 11) is 0. The van der Waals surface area contributed by atoms with Crippen LogP contribution in [0.15, 0.2) is 30.3 Å². The highest BCUT2D eigenvalue weighted by molar-refractivity contribution is 7.99. The molecule has 0 radical (unpaired) electrons. The first kappa shape index (κ1) is 12.6. The van der Waals surface area contributed by atoms with Crippen LogP contribution in [0.1, 0.15) is 19.3 Å². The van der Waals surface area contributed by atoms with Crippen LogP contribution in [0.2, 0.25) is 0 Å². The van der Waals surface area contributed by atoms with E-state index in [4.69, 9.17) is 5.73 Å². The second-order valence-electron chi connectivity index (χ2n) is 5.02. The van der Waals surface area contributed by atoms with Crippen LogP contribution in [0.4, 0.5) is 11.5 Å². The molecular formula is C15H19N3S. The first-order valence-electron chi connectivity index (χ1n) is 6.83. The molecule has 19 heavy (non-hydrogen) atoms. The lowest BCUT2D eigenvalue weighted by atomic mass is 10.2. The molecule has 1 aromatic carbocycles. The fourth-order valence-electron chi connectivity index (χ4n) is 2.43. The zero-order valence-corrected chi connectivity index (χ0v) is 11.7. The number of fused-ring (bicyclic) bond motifs is 1. The van der Waals surface area contributed by atoms with Crippen molar-refractivity contribution in [1.29, 1.82) is 0 Å². The van der Waals surface area contributed by atoms with E-state index in [2.05, 4.69) is 28.1 Å². The maximum Gasteiger partial charge on any atom is 0.126 e. The minimum absolute atomic E-state index is 0.734. The van der Waals surface area contributed by atoms with E-state index in [1.807, 2.05) is 24.3 Å². The second-order valence-corrected chi connectivity index (χ2v) is 6.43. The standard InChI is InChI=1S/C15H19N3S/c16-12-5-6-14-11(9-12)4-7-15(18-14)17-10-13-3-1-2-8-19-13/h4-7,9,13H,1-3,8,10,16H2,(H,17,18). The van der Waals surface area contributed by atoms with Crippen molar-refractivity contribution in [2.75, 3.05) is 23.3 Å². The van der Waals surface area contributed by atoms with Crippen molar-refractivity contribution in [3.63, 3.8) is 0 Å². The van der Waals surface area contributed by atoms with E-state index < -0.39 is 0 Å². The van der Waals surface area contributed by atoms with Crippen molar-refractivity contribution in [1.82, 2.24) is 4.98 Å². The summed E-state index contributed by atoms with van der Waals surface area (Å²) in [4.78, 5) is 4.62. The highest BCUT2D eigenvalue weighted by Crippen LogP contribution is 2.25. The van der Waals surface area contributed by atoms with Gasteiger partial charge in [0.2, 0.25) is 0 Å². The molecule has 1 fully saturated rings. The van der Waals surface area contributed by atoms with Gasteiger partial charge in [-0.2, -0.15) is 11.8 Å². The SMILES string of the molecule is Nc1ccc2nc(NCC3CCCCS3)ccc2c1. The molecule has 1 atom stereocenters. The first-order chi connectivity index (χ1) is 9.31. The number of aromatic nitrogens is 1. The van der Waals surface area contributed by atoms with Crippen LogP contribution >= 0.6 is 11.8 Å². The molecule has 1 aliphatic heterocycles. The molecule has 2 heterocycles. The lowest BCUT2D eigenvalue weighted by Gasteiger charge is -2.21. The molecule has 0 amide bonds. The number of nitrogens with one attached hydrogen (secondary N) is 1. The zero-order valence-electron chi connectivity index (χ0n) is 10.9. The molecule has 1 unspecified atom stereocenters. The smallest absolute Gasteiger partial charge is 0.126 e. The molecule has 100 valence electrons. The van der Waals surface area contributed by atoms with Crippen LogP contribution in [-0.4, -0.2) is 22.5 Å². The number of hydrogen-bond acceptors (Lipinski definition) is 4. The largest absolute Gasteiger partial charge is 0.399 e. The molecule has 1 aliphatic rings. The summed E-state index contributed by atoms with van der Waals surface area (Å²) in [5.74, 6) is 2.26. The van der Waals surface area contributed by atoms with Gasteiger partial charge in [-0.1, -0.05) is 6.42 Å². The average Bonchev–Trinajstić information content (AvgIpc) is 2.46. The van der Waals surface area contributed by atoms with Crippen LogP contribution in [0.5, 0.6) is 0 Å². The third-order valence-electron chi connectivity index (χ3n) is 3.50.